The first kappa shape index (κ1) is 16.7. The Labute approximate surface area is 111 Å². The third kappa shape index (κ3) is 3.34. The number of carbonyl (C=O) groups excluding carboxylic acids is 1. The standard InChI is InChI=1S/C15H22O2.CH4/c1-4-11-15(12-5-2,14(16)17-3)13-9-7-6-8-10-13;/h6-10H,4-5,11-12H2,1-3H3;1H4. The number of esters is 1. The second-order valence-corrected chi connectivity index (χ2v) is 4.44. The van der Waals surface area contributed by atoms with E-state index >= 15 is 0 Å². The lowest BCUT2D eigenvalue weighted by Crippen LogP contribution is -2.36. The third-order valence-electron chi connectivity index (χ3n) is 3.26. The van der Waals surface area contributed by atoms with Gasteiger partial charge >= 0.3 is 5.97 Å². The average Bonchev–Trinajstić information content (AvgIpc) is 2.38. The van der Waals surface area contributed by atoms with E-state index in [2.05, 4.69) is 13.8 Å². The van der Waals surface area contributed by atoms with E-state index in [1.54, 1.807) is 0 Å². The zero-order valence-corrected chi connectivity index (χ0v) is 11.0. The SMILES string of the molecule is C.CCCC(CCC)(C(=O)OC)c1ccccc1. The quantitative estimate of drug-likeness (QED) is 0.702. The van der Waals surface area contributed by atoms with Crippen LogP contribution < -0.4 is 0 Å². The Hall–Kier alpha value is -1.31. The second kappa shape index (κ2) is 7.91. The monoisotopic (exact) mass is 250 g/mol. The maximum atomic E-state index is 12.2. The summed E-state index contributed by atoms with van der Waals surface area (Å²) < 4.78 is 5.04. The summed E-state index contributed by atoms with van der Waals surface area (Å²) in [5, 5.41) is 0. The molecule has 0 saturated carbocycles. The number of hydrogen-bond donors (Lipinski definition) is 0. The summed E-state index contributed by atoms with van der Waals surface area (Å²) in [7, 11) is 1.48. The molecule has 18 heavy (non-hydrogen) atoms. The summed E-state index contributed by atoms with van der Waals surface area (Å²) in [6, 6.07) is 10.0. The molecular weight excluding hydrogens is 224 g/mol. The van der Waals surface area contributed by atoms with E-state index < -0.39 is 5.41 Å². The molecule has 0 atom stereocenters. The highest BCUT2D eigenvalue weighted by atomic mass is 16.5. The average molecular weight is 250 g/mol. The molecule has 0 aliphatic rings. The summed E-state index contributed by atoms with van der Waals surface area (Å²) in [5.74, 6) is -0.104. The van der Waals surface area contributed by atoms with Crippen LogP contribution in [0.15, 0.2) is 30.3 Å². The lowest BCUT2D eigenvalue weighted by molar-refractivity contribution is -0.148. The van der Waals surface area contributed by atoms with Gasteiger partial charge in [0.05, 0.1) is 12.5 Å². The fraction of sp³-hybridized carbons (Fsp3) is 0.562. The molecule has 1 rings (SSSR count). The number of ether oxygens (including phenoxy) is 1. The van der Waals surface area contributed by atoms with Crippen LogP contribution in [0.2, 0.25) is 0 Å². The zero-order valence-electron chi connectivity index (χ0n) is 11.0. The van der Waals surface area contributed by atoms with Gasteiger partial charge in [-0.25, -0.2) is 0 Å². The molecule has 0 fully saturated rings. The predicted molar refractivity (Wildman–Crippen MR) is 76.7 cm³/mol. The fourth-order valence-electron chi connectivity index (χ4n) is 2.54. The molecule has 102 valence electrons. The van der Waals surface area contributed by atoms with Crippen LogP contribution in [0.3, 0.4) is 0 Å². The van der Waals surface area contributed by atoms with Gasteiger partial charge < -0.3 is 4.74 Å². The number of methoxy groups -OCH3 is 1. The molecule has 0 heterocycles. The smallest absolute Gasteiger partial charge is 0.316 e. The van der Waals surface area contributed by atoms with Gasteiger partial charge in [0.1, 0.15) is 0 Å². The molecular formula is C16H26O2. The second-order valence-electron chi connectivity index (χ2n) is 4.44. The lowest BCUT2D eigenvalue weighted by atomic mass is 9.73. The zero-order chi connectivity index (χ0) is 12.7. The summed E-state index contributed by atoms with van der Waals surface area (Å²) in [6.45, 7) is 4.21. The molecule has 0 bridgehead atoms. The minimum Gasteiger partial charge on any atom is -0.468 e. The van der Waals surface area contributed by atoms with Crippen LogP contribution in [0.1, 0.15) is 52.5 Å². The molecule has 0 N–H and O–H groups in total. The third-order valence-corrected chi connectivity index (χ3v) is 3.26. The molecule has 0 aliphatic heterocycles. The highest BCUT2D eigenvalue weighted by Gasteiger charge is 2.39. The Morgan fingerprint density at radius 1 is 1.11 bits per heavy atom. The minimum absolute atomic E-state index is 0. The van der Waals surface area contributed by atoms with E-state index in [9.17, 15) is 4.79 Å². The van der Waals surface area contributed by atoms with Gasteiger partial charge in [0, 0.05) is 0 Å². The Morgan fingerprint density at radius 3 is 2.00 bits per heavy atom. The van der Waals surface area contributed by atoms with Crippen molar-refractivity contribution in [3.63, 3.8) is 0 Å². The summed E-state index contributed by atoms with van der Waals surface area (Å²) in [5.41, 5.74) is 0.620. The summed E-state index contributed by atoms with van der Waals surface area (Å²) in [6.07, 6.45) is 3.64. The normalized spacial score (nSPS) is 10.6. The summed E-state index contributed by atoms with van der Waals surface area (Å²) in [4.78, 5) is 12.2. The van der Waals surface area contributed by atoms with Crippen LogP contribution in [0, 0.1) is 0 Å². The highest BCUT2D eigenvalue weighted by Crippen LogP contribution is 2.35. The van der Waals surface area contributed by atoms with Crippen LogP contribution in [-0.2, 0) is 14.9 Å². The van der Waals surface area contributed by atoms with Gasteiger partial charge in [-0.15, -0.1) is 0 Å². The van der Waals surface area contributed by atoms with E-state index in [1.165, 1.54) is 7.11 Å². The Balaban J connectivity index is 0.00000289. The molecule has 2 nitrogen and oxygen atoms in total. The maximum absolute atomic E-state index is 12.2. The van der Waals surface area contributed by atoms with Crippen molar-refractivity contribution in [1.29, 1.82) is 0 Å². The van der Waals surface area contributed by atoms with Crippen molar-refractivity contribution in [3.8, 4) is 0 Å². The number of hydrogen-bond acceptors (Lipinski definition) is 2. The van der Waals surface area contributed by atoms with E-state index in [4.69, 9.17) is 4.74 Å². The number of carbonyl (C=O) groups is 1. The highest BCUT2D eigenvalue weighted by molar-refractivity contribution is 5.83. The molecule has 1 aromatic carbocycles. The molecule has 0 spiro atoms. The molecule has 0 saturated heterocycles. The summed E-state index contributed by atoms with van der Waals surface area (Å²) >= 11 is 0. The van der Waals surface area contributed by atoms with Gasteiger partial charge in [0.2, 0.25) is 0 Å². The lowest BCUT2D eigenvalue weighted by Gasteiger charge is -2.31. The molecule has 2 heteroatoms. The van der Waals surface area contributed by atoms with Crippen molar-refractivity contribution >= 4 is 5.97 Å². The maximum Gasteiger partial charge on any atom is 0.316 e. The van der Waals surface area contributed by atoms with Crippen LogP contribution in [0.25, 0.3) is 0 Å². The Morgan fingerprint density at radius 2 is 1.61 bits per heavy atom. The fourth-order valence-corrected chi connectivity index (χ4v) is 2.54. The topological polar surface area (TPSA) is 26.3 Å². The van der Waals surface area contributed by atoms with Crippen LogP contribution in [0.5, 0.6) is 0 Å². The Kier molecular flexibility index (Phi) is 7.33. The van der Waals surface area contributed by atoms with Crippen molar-refractivity contribution in [1.82, 2.24) is 0 Å². The van der Waals surface area contributed by atoms with Gasteiger partial charge in [-0.2, -0.15) is 0 Å². The van der Waals surface area contributed by atoms with Crippen molar-refractivity contribution in [2.75, 3.05) is 7.11 Å². The van der Waals surface area contributed by atoms with Crippen LogP contribution >= 0.6 is 0 Å². The molecule has 1 aromatic rings. The molecule has 0 aromatic heterocycles. The first-order valence-corrected chi connectivity index (χ1v) is 6.35. The van der Waals surface area contributed by atoms with Gasteiger partial charge in [0.25, 0.3) is 0 Å². The van der Waals surface area contributed by atoms with E-state index in [1.807, 2.05) is 30.3 Å². The van der Waals surface area contributed by atoms with Gasteiger partial charge in [-0.05, 0) is 18.4 Å². The molecule has 0 amide bonds. The molecule has 0 unspecified atom stereocenters. The van der Waals surface area contributed by atoms with Crippen molar-refractivity contribution in [2.24, 2.45) is 0 Å². The first-order chi connectivity index (χ1) is 8.21. The van der Waals surface area contributed by atoms with E-state index in [0.29, 0.717) is 0 Å². The number of benzene rings is 1. The van der Waals surface area contributed by atoms with E-state index in [0.717, 1.165) is 31.2 Å². The number of rotatable bonds is 6. The van der Waals surface area contributed by atoms with Crippen molar-refractivity contribution in [2.45, 2.75) is 52.4 Å². The van der Waals surface area contributed by atoms with E-state index in [-0.39, 0.29) is 13.4 Å². The van der Waals surface area contributed by atoms with Gasteiger partial charge in [-0.3, -0.25) is 4.79 Å². The predicted octanol–water partition coefficient (Wildman–Crippen LogP) is 4.33. The minimum atomic E-state index is -0.459. The molecule has 0 radical (unpaired) electrons. The van der Waals surface area contributed by atoms with Crippen molar-refractivity contribution < 1.29 is 9.53 Å². The van der Waals surface area contributed by atoms with Crippen molar-refractivity contribution in [3.05, 3.63) is 35.9 Å². The van der Waals surface area contributed by atoms with Gasteiger partial charge in [0.15, 0.2) is 0 Å². The molecule has 0 aliphatic carbocycles. The van der Waals surface area contributed by atoms with Crippen LogP contribution in [0.4, 0.5) is 0 Å². The first-order valence-electron chi connectivity index (χ1n) is 6.35. The Bertz CT molecular complexity index is 337. The largest absolute Gasteiger partial charge is 0.468 e. The van der Waals surface area contributed by atoms with Crippen LogP contribution in [-0.4, -0.2) is 13.1 Å². The van der Waals surface area contributed by atoms with Gasteiger partial charge in [-0.1, -0.05) is 64.4 Å².